The Bertz CT molecular complexity index is 433. The van der Waals surface area contributed by atoms with Gasteiger partial charge in [0, 0.05) is 25.2 Å². The van der Waals surface area contributed by atoms with Crippen LogP contribution in [0.25, 0.3) is 6.08 Å². The molecule has 5 heteroatoms. The lowest BCUT2D eigenvalue weighted by Gasteiger charge is -2.25. The number of hydrogen-bond acceptors (Lipinski definition) is 3. The van der Waals surface area contributed by atoms with Gasteiger partial charge in [-0.05, 0) is 25.3 Å². The van der Waals surface area contributed by atoms with Crippen molar-refractivity contribution in [3.63, 3.8) is 0 Å². The monoisotopic (exact) mass is 239 g/mol. The minimum Gasteiger partial charge on any atom is -0.476 e. The van der Waals surface area contributed by atoms with E-state index in [9.17, 15) is 9.18 Å². The Balaban J connectivity index is 2.10. The molecule has 1 fully saturated rings. The Morgan fingerprint density at radius 1 is 1.35 bits per heavy atom. The average molecular weight is 239 g/mol. The molecule has 0 radical (unpaired) electrons. The van der Waals surface area contributed by atoms with Crippen molar-refractivity contribution in [2.45, 2.75) is 19.3 Å². The first kappa shape index (κ1) is 11.7. The lowest BCUT2D eigenvalue weighted by atomic mass is 10.1. The summed E-state index contributed by atoms with van der Waals surface area (Å²) in [6.45, 7) is 1.86. The summed E-state index contributed by atoms with van der Waals surface area (Å²) in [5.41, 5.74) is 0. The van der Waals surface area contributed by atoms with Gasteiger partial charge in [-0.2, -0.15) is 4.39 Å². The summed E-state index contributed by atoms with van der Waals surface area (Å²) >= 11 is 0. The summed E-state index contributed by atoms with van der Waals surface area (Å²) < 4.78 is 18.2. The smallest absolute Gasteiger partial charge is 0.364 e. The standard InChI is InChI=1S/C12H14FNO3/c13-10(12(15)16)8-9-4-5-11(17-9)14-6-2-1-3-7-14/h4-5,8H,1-3,6-7H2,(H,15,16). The van der Waals surface area contributed by atoms with E-state index >= 15 is 0 Å². The van der Waals surface area contributed by atoms with Crippen LogP contribution in [-0.2, 0) is 4.79 Å². The highest BCUT2D eigenvalue weighted by molar-refractivity contribution is 5.89. The number of nitrogens with zero attached hydrogens (tertiary/aromatic N) is 1. The lowest BCUT2D eigenvalue weighted by molar-refractivity contribution is -0.134. The fourth-order valence-electron chi connectivity index (χ4n) is 1.89. The van der Waals surface area contributed by atoms with E-state index in [1.54, 1.807) is 12.1 Å². The molecule has 0 bridgehead atoms. The summed E-state index contributed by atoms with van der Waals surface area (Å²) in [4.78, 5) is 12.4. The van der Waals surface area contributed by atoms with Crippen LogP contribution < -0.4 is 4.90 Å². The van der Waals surface area contributed by atoms with Crippen LogP contribution in [0.1, 0.15) is 25.0 Å². The van der Waals surface area contributed by atoms with Gasteiger partial charge < -0.3 is 14.4 Å². The molecule has 1 aromatic heterocycles. The summed E-state index contributed by atoms with van der Waals surface area (Å²) in [5.74, 6) is -1.90. The Kier molecular flexibility index (Phi) is 3.46. The van der Waals surface area contributed by atoms with Crippen molar-refractivity contribution in [3.05, 3.63) is 23.7 Å². The second-order valence-corrected chi connectivity index (χ2v) is 4.02. The quantitative estimate of drug-likeness (QED) is 0.824. The van der Waals surface area contributed by atoms with Gasteiger partial charge in [0.15, 0.2) is 5.88 Å². The van der Waals surface area contributed by atoms with Crippen molar-refractivity contribution in [2.75, 3.05) is 18.0 Å². The molecule has 1 aromatic rings. The maximum Gasteiger partial charge on any atom is 0.364 e. The summed E-state index contributed by atoms with van der Waals surface area (Å²) in [5, 5.41) is 8.40. The van der Waals surface area contributed by atoms with Crippen LogP contribution in [0.3, 0.4) is 0 Å². The third-order valence-electron chi connectivity index (χ3n) is 2.75. The summed E-state index contributed by atoms with van der Waals surface area (Å²) in [6, 6.07) is 3.32. The topological polar surface area (TPSA) is 53.7 Å². The maximum absolute atomic E-state index is 12.9. The first-order chi connectivity index (χ1) is 8.16. The van der Waals surface area contributed by atoms with E-state index in [4.69, 9.17) is 9.52 Å². The van der Waals surface area contributed by atoms with Crippen molar-refractivity contribution < 1.29 is 18.7 Å². The second-order valence-electron chi connectivity index (χ2n) is 4.02. The number of hydrogen-bond donors (Lipinski definition) is 1. The summed E-state index contributed by atoms with van der Waals surface area (Å²) in [7, 11) is 0. The van der Waals surface area contributed by atoms with Gasteiger partial charge in [-0.3, -0.25) is 0 Å². The number of anilines is 1. The number of furan rings is 1. The van der Waals surface area contributed by atoms with Crippen LogP contribution in [0.5, 0.6) is 0 Å². The number of piperidine rings is 1. The van der Waals surface area contributed by atoms with Crippen LogP contribution in [-0.4, -0.2) is 24.2 Å². The highest BCUT2D eigenvalue weighted by Gasteiger charge is 2.14. The van der Waals surface area contributed by atoms with Crippen molar-refractivity contribution in [1.82, 2.24) is 0 Å². The molecule has 0 saturated carbocycles. The predicted molar refractivity (Wildman–Crippen MR) is 61.5 cm³/mol. The molecule has 17 heavy (non-hydrogen) atoms. The van der Waals surface area contributed by atoms with Gasteiger partial charge >= 0.3 is 5.97 Å². The molecule has 92 valence electrons. The van der Waals surface area contributed by atoms with Gasteiger partial charge in [0.1, 0.15) is 5.76 Å². The summed E-state index contributed by atoms with van der Waals surface area (Å²) in [6.07, 6.45) is 4.35. The van der Waals surface area contributed by atoms with E-state index in [1.807, 2.05) is 0 Å². The van der Waals surface area contributed by atoms with Gasteiger partial charge in [-0.25, -0.2) is 4.79 Å². The predicted octanol–water partition coefficient (Wildman–Crippen LogP) is 2.66. The molecule has 0 atom stereocenters. The third-order valence-corrected chi connectivity index (χ3v) is 2.75. The highest BCUT2D eigenvalue weighted by Crippen LogP contribution is 2.23. The molecular weight excluding hydrogens is 225 g/mol. The molecule has 1 saturated heterocycles. The van der Waals surface area contributed by atoms with Crippen LogP contribution in [0, 0.1) is 0 Å². The van der Waals surface area contributed by atoms with Gasteiger partial charge in [0.25, 0.3) is 0 Å². The maximum atomic E-state index is 12.9. The molecule has 4 nitrogen and oxygen atoms in total. The Hall–Kier alpha value is -1.78. The zero-order chi connectivity index (χ0) is 12.3. The van der Waals surface area contributed by atoms with Crippen LogP contribution in [0.4, 0.5) is 10.3 Å². The molecule has 1 aliphatic heterocycles. The number of carboxylic acids is 1. The van der Waals surface area contributed by atoms with E-state index in [2.05, 4.69) is 4.90 Å². The van der Waals surface area contributed by atoms with Crippen molar-refractivity contribution in [1.29, 1.82) is 0 Å². The van der Waals surface area contributed by atoms with Gasteiger partial charge in [0.2, 0.25) is 5.83 Å². The van der Waals surface area contributed by atoms with E-state index in [0.717, 1.165) is 32.0 Å². The van der Waals surface area contributed by atoms with Crippen molar-refractivity contribution >= 4 is 17.9 Å². The first-order valence-corrected chi connectivity index (χ1v) is 5.62. The number of carbonyl (C=O) groups is 1. The number of rotatable bonds is 3. The largest absolute Gasteiger partial charge is 0.476 e. The molecule has 0 aromatic carbocycles. The molecule has 2 heterocycles. The average Bonchev–Trinajstić information content (AvgIpc) is 2.78. The van der Waals surface area contributed by atoms with E-state index in [0.29, 0.717) is 5.88 Å². The highest BCUT2D eigenvalue weighted by atomic mass is 19.1. The minimum absolute atomic E-state index is 0.227. The van der Waals surface area contributed by atoms with Crippen LogP contribution >= 0.6 is 0 Å². The lowest BCUT2D eigenvalue weighted by Crippen LogP contribution is -2.28. The van der Waals surface area contributed by atoms with Crippen molar-refractivity contribution in [3.8, 4) is 0 Å². The van der Waals surface area contributed by atoms with E-state index < -0.39 is 11.8 Å². The van der Waals surface area contributed by atoms with E-state index in [-0.39, 0.29) is 5.76 Å². The van der Waals surface area contributed by atoms with Crippen LogP contribution in [0.15, 0.2) is 22.4 Å². The molecule has 1 N–H and O–H groups in total. The minimum atomic E-state index is -1.58. The SMILES string of the molecule is O=C(O)C(F)=Cc1ccc(N2CCCCC2)o1. The normalized spacial score (nSPS) is 17.2. The molecule has 0 unspecified atom stereocenters. The Morgan fingerprint density at radius 3 is 2.71 bits per heavy atom. The first-order valence-electron chi connectivity index (χ1n) is 5.62. The zero-order valence-electron chi connectivity index (χ0n) is 9.36. The molecule has 1 aliphatic rings. The fraction of sp³-hybridized carbons (Fsp3) is 0.417. The zero-order valence-corrected chi connectivity index (χ0v) is 9.36. The molecule has 0 amide bonds. The van der Waals surface area contributed by atoms with Crippen molar-refractivity contribution in [2.24, 2.45) is 0 Å². The van der Waals surface area contributed by atoms with E-state index in [1.165, 1.54) is 6.42 Å². The van der Waals surface area contributed by atoms with Gasteiger partial charge in [0.05, 0.1) is 0 Å². The number of aliphatic carboxylic acids is 1. The fourth-order valence-corrected chi connectivity index (χ4v) is 1.89. The molecule has 0 spiro atoms. The Labute approximate surface area is 98.3 Å². The third kappa shape index (κ3) is 2.87. The second kappa shape index (κ2) is 5.03. The number of carboxylic acid groups (broad SMARTS) is 1. The van der Waals surface area contributed by atoms with Gasteiger partial charge in [-0.15, -0.1) is 0 Å². The molecular formula is C12H14FNO3. The molecule has 0 aliphatic carbocycles. The molecule has 2 rings (SSSR count). The number of halogens is 1. The Morgan fingerprint density at radius 2 is 2.06 bits per heavy atom. The van der Waals surface area contributed by atoms with Gasteiger partial charge in [-0.1, -0.05) is 0 Å². The van der Waals surface area contributed by atoms with Crippen LogP contribution in [0.2, 0.25) is 0 Å².